The van der Waals surface area contributed by atoms with Crippen molar-refractivity contribution in [2.45, 2.75) is 38.2 Å². The van der Waals surface area contributed by atoms with Crippen LogP contribution in [0.3, 0.4) is 0 Å². The number of hydrogen-bond donors (Lipinski definition) is 3. The Hall–Kier alpha value is -3.62. The van der Waals surface area contributed by atoms with E-state index in [2.05, 4.69) is 5.32 Å². The summed E-state index contributed by atoms with van der Waals surface area (Å²) in [6, 6.07) is 21.2. The maximum Gasteiger partial charge on any atom is 0.251 e. The van der Waals surface area contributed by atoms with E-state index >= 15 is 0 Å². The Morgan fingerprint density at radius 2 is 1.38 bits per heavy atom. The Balaban J connectivity index is 1.65. The molecule has 0 bridgehead atoms. The number of hydroxylamine groups is 1. The lowest BCUT2D eigenvalue weighted by Crippen LogP contribution is -2.25. The summed E-state index contributed by atoms with van der Waals surface area (Å²) >= 11 is 0. The van der Waals surface area contributed by atoms with E-state index in [0.29, 0.717) is 37.8 Å². The fourth-order valence-electron chi connectivity index (χ4n) is 4.16. The smallest absolute Gasteiger partial charge is 0.251 e. The van der Waals surface area contributed by atoms with Gasteiger partial charge in [0, 0.05) is 29.7 Å². The molecule has 196 valence electrons. The third-order valence-electron chi connectivity index (χ3n) is 6.13. The lowest BCUT2D eigenvalue weighted by atomic mass is 9.96. The summed E-state index contributed by atoms with van der Waals surface area (Å²) in [5, 5.41) is 11.7. The molecule has 0 saturated carbocycles. The van der Waals surface area contributed by atoms with Crippen molar-refractivity contribution < 1.29 is 28.3 Å². The van der Waals surface area contributed by atoms with Gasteiger partial charge in [0.1, 0.15) is 17.7 Å². The zero-order valence-electron chi connectivity index (χ0n) is 20.5. The molecule has 0 aliphatic carbocycles. The van der Waals surface area contributed by atoms with Gasteiger partial charge in [0.05, 0.1) is 6.61 Å². The summed E-state index contributed by atoms with van der Waals surface area (Å²) in [7, 11) is 0. The molecule has 37 heavy (non-hydrogen) atoms. The number of amides is 2. The van der Waals surface area contributed by atoms with Gasteiger partial charge >= 0.3 is 0 Å². The summed E-state index contributed by atoms with van der Waals surface area (Å²) < 4.78 is 35.5. The highest BCUT2D eigenvalue weighted by Gasteiger charge is 2.23. The van der Waals surface area contributed by atoms with E-state index in [1.807, 2.05) is 6.07 Å². The molecule has 1 unspecified atom stereocenters. The lowest BCUT2D eigenvalue weighted by molar-refractivity contribution is -0.129. The van der Waals surface area contributed by atoms with Gasteiger partial charge in [0.25, 0.3) is 5.91 Å². The van der Waals surface area contributed by atoms with E-state index in [0.717, 1.165) is 0 Å². The van der Waals surface area contributed by atoms with Crippen molar-refractivity contribution in [1.29, 1.82) is 0 Å². The summed E-state index contributed by atoms with van der Waals surface area (Å²) in [6.45, 7) is 0.645. The van der Waals surface area contributed by atoms with Crippen molar-refractivity contribution in [1.82, 2.24) is 10.8 Å². The van der Waals surface area contributed by atoms with Gasteiger partial charge in [-0.3, -0.25) is 14.8 Å². The van der Waals surface area contributed by atoms with Gasteiger partial charge < -0.3 is 10.1 Å². The Bertz CT molecular complexity index is 1100. The predicted molar refractivity (Wildman–Crippen MR) is 136 cm³/mol. The van der Waals surface area contributed by atoms with Crippen LogP contribution in [0.15, 0.2) is 78.9 Å². The molecule has 0 spiro atoms. The molecule has 0 radical (unpaired) electrons. The van der Waals surface area contributed by atoms with Gasteiger partial charge in [0.15, 0.2) is 0 Å². The number of ether oxygens (including phenoxy) is 1. The molecular weight excluding hydrogens is 478 g/mol. The quantitative estimate of drug-likeness (QED) is 0.150. The standard InChI is InChI=1S/C29H32F2N2O4/c30-25-16-6-4-14-23(25)28(24-15-5-7-17-26(24)31)37-20-21(10-8-18-27(34)33-36)11-9-19-32-29(35)22-12-2-1-3-13-22/h1-7,12-17,21,28,36H,8-11,18-20H2,(H,32,35)(H,33,34). The number of nitrogens with one attached hydrogen (secondary N) is 2. The van der Waals surface area contributed by atoms with Crippen LogP contribution < -0.4 is 10.8 Å². The van der Waals surface area contributed by atoms with Crippen LogP contribution >= 0.6 is 0 Å². The van der Waals surface area contributed by atoms with Crippen LogP contribution in [0.2, 0.25) is 0 Å². The van der Waals surface area contributed by atoms with Gasteiger partial charge in [-0.1, -0.05) is 54.6 Å². The average molecular weight is 511 g/mol. The van der Waals surface area contributed by atoms with Crippen LogP contribution in [0.5, 0.6) is 0 Å². The number of rotatable bonds is 14. The van der Waals surface area contributed by atoms with Gasteiger partial charge in [-0.15, -0.1) is 0 Å². The minimum Gasteiger partial charge on any atom is -0.368 e. The van der Waals surface area contributed by atoms with E-state index in [-0.39, 0.29) is 36.0 Å². The summed E-state index contributed by atoms with van der Waals surface area (Å²) in [5.41, 5.74) is 2.68. The van der Waals surface area contributed by atoms with Crippen LogP contribution in [0.4, 0.5) is 8.78 Å². The number of carbonyl (C=O) groups is 2. The topological polar surface area (TPSA) is 87.7 Å². The van der Waals surface area contributed by atoms with E-state index in [9.17, 15) is 18.4 Å². The second-order valence-corrected chi connectivity index (χ2v) is 8.81. The highest BCUT2D eigenvalue weighted by Crippen LogP contribution is 2.31. The number of hydrogen-bond acceptors (Lipinski definition) is 4. The molecule has 0 fully saturated rings. The minimum atomic E-state index is -0.941. The number of benzene rings is 3. The molecule has 0 aliphatic heterocycles. The van der Waals surface area contributed by atoms with Crippen molar-refractivity contribution in [3.8, 4) is 0 Å². The second kappa shape index (κ2) is 14.8. The largest absolute Gasteiger partial charge is 0.368 e. The van der Waals surface area contributed by atoms with Crippen LogP contribution in [0.25, 0.3) is 0 Å². The number of halogens is 2. The lowest BCUT2D eigenvalue weighted by Gasteiger charge is -2.24. The third-order valence-corrected chi connectivity index (χ3v) is 6.13. The van der Waals surface area contributed by atoms with Gasteiger partial charge in [-0.2, -0.15) is 0 Å². The summed E-state index contributed by atoms with van der Waals surface area (Å²) in [6.07, 6.45) is 1.62. The Morgan fingerprint density at radius 3 is 1.97 bits per heavy atom. The molecule has 3 N–H and O–H groups in total. The zero-order valence-corrected chi connectivity index (χ0v) is 20.5. The molecule has 0 aliphatic rings. The maximum atomic E-state index is 14.7. The molecule has 2 amide bonds. The van der Waals surface area contributed by atoms with Crippen molar-refractivity contribution >= 4 is 11.8 Å². The molecule has 0 saturated heterocycles. The van der Waals surface area contributed by atoms with Crippen molar-refractivity contribution in [2.24, 2.45) is 5.92 Å². The van der Waals surface area contributed by atoms with Gasteiger partial charge in [-0.25, -0.2) is 14.3 Å². The van der Waals surface area contributed by atoms with Crippen LogP contribution in [0.1, 0.15) is 59.7 Å². The van der Waals surface area contributed by atoms with Crippen LogP contribution in [-0.4, -0.2) is 30.2 Å². The predicted octanol–water partition coefficient (Wildman–Crippen LogP) is 5.57. The molecule has 8 heteroatoms. The molecule has 3 aromatic carbocycles. The zero-order chi connectivity index (χ0) is 26.5. The SMILES string of the molecule is O=C(CCCC(CCCNC(=O)c1ccccc1)COC(c1ccccc1F)c1ccccc1F)NO. The van der Waals surface area contributed by atoms with Crippen LogP contribution in [-0.2, 0) is 9.53 Å². The summed E-state index contributed by atoms with van der Waals surface area (Å²) in [5.74, 6) is -1.66. The van der Waals surface area contributed by atoms with Gasteiger partial charge in [-0.05, 0) is 55.9 Å². The first-order valence-corrected chi connectivity index (χ1v) is 12.4. The molecule has 0 heterocycles. The molecular formula is C29H32F2N2O4. The highest BCUT2D eigenvalue weighted by atomic mass is 19.1. The fourth-order valence-corrected chi connectivity index (χ4v) is 4.16. The van der Waals surface area contributed by atoms with Crippen molar-refractivity contribution in [2.75, 3.05) is 13.2 Å². The molecule has 3 rings (SSSR count). The van der Waals surface area contributed by atoms with E-state index in [1.165, 1.54) is 12.1 Å². The Morgan fingerprint density at radius 1 is 0.811 bits per heavy atom. The highest BCUT2D eigenvalue weighted by molar-refractivity contribution is 5.94. The van der Waals surface area contributed by atoms with Crippen molar-refractivity contribution in [3.63, 3.8) is 0 Å². The Kier molecular flexibility index (Phi) is 11.2. The van der Waals surface area contributed by atoms with Crippen molar-refractivity contribution in [3.05, 3.63) is 107 Å². The molecule has 6 nitrogen and oxygen atoms in total. The average Bonchev–Trinajstić information content (AvgIpc) is 2.92. The first-order valence-electron chi connectivity index (χ1n) is 12.4. The Labute approximate surface area is 215 Å². The first kappa shape index (κ1) is 28.0. The maximum absolute atomic E-state index is 14.7. The normalized spacial score (nSPS) is 11.8. The second-order valence-electron chi connectivity index (χ2n) is 8.81. The first-order chi connectivity index (χ1) is 18.0. The monoisotopic (exact) mass is 510 g/mol. The number of carbonyl (C=O) groups excluding carboxylic acids is 2. The fraction of sp³-hybridized carbons (Fsp3) is 0.310. The van der Waals surface area contributed by atoms with Gasteiger partial charge in [0.2, 0.25) is 5.91 Å². The van der Waals surface area contributed by atoms with E-state index in [1.54, 1.807) is 66.1 Å². The minimum absolute atomic E-state index is 0.0406. The molecule has 3 aromatic rings. The summed E-state index contributed by atoms with van der Waals surface area (Å²) in [4.78, 5) is 23.7. The van der Waals surface area contributed by atoms with Crippen LogP contribution in [0, 0.1) is 17.6 Å². The molecule has 0 aromatic heterocycles. The third kappa shape index (κ3) is 8.77. The molecule has 1 atom stereocenters. The van der Waals surface area contributed by atoms with E-state index in [4.69, 9.17) is 9.94 Å². The van der Waals surface area contributed by atoms with E-state index < -0.39 is 23.6 Å².